The lowest BCUT2D eigenvalue weighted by atomic mass is 10.2. The molecule has 0 spiro atoms. The number of nitrogens with zero attached hydrogens (tertiary/aromatic N) is 1. The van der Waals surface area contributed by atoms with E-state index >= 15 is 0 Å². The molecule has 6 heteroatoms. The summed E-state index contributed by atoms with van der Waals surface area (Å²) in [6.07, 6.45) is 4.20. The molecule has 0 unspecified atom stereocenters. The van der Waals surface area contributed by atoms with Crippen molar-refractivity contribution in [1.29, 1.82) is 0 Å². The van der Waals surface area contributed by atoms with Crippen LogP contribution in [0.5, 0.6) is 0 Å². The highest BCUT2D eigenvalue weighted by molar-refractivity contribution is 5.82. The second-order valence-electron chi connectivity index (χ2n) is 4.40. The number of carbonyl (C=O) groups excluding carboxylic acids is 1. The van der Waals surface area contributed by atoms with Crippen LogP contribution in [0.25, 0.3) is 0 Å². The molecule has 0 aromatic rings. The largest absolute Gasteiger partial charge is 0.480 e. The number of aliphatic hydroxyl groups is 1. The first kappa shape index (κ1) is 13.8. The van der Waals surface area contributed by atoms with Gasteiger partial charge in [-0.25, -0.2) is 9.59 Å². The fourth-order valence-electron chi connectivity index (χ4n) is 2.09. The quantitative estimate of drug-likeness (QED) is 0.653. The Balaban J connectivity index is 2.47. The van der Waals surface area contributed by atoms with Crippen LogP contribution in [0.15, 0.2) is 0 Å². The molecule has 1 saturated carbocycles. The summed E-state index contributed by atoms with van der Waals surface area (Å²) in [7, 11) is 1.68. The van der Waals surface area contributed by atoms with Crippen LogP contribution in [-0.2, 0) is 4.79 Å². The van der Waals surface area contributed by atoms with Gasteiger partial charge in [0.15, 0.2) is 0 Å². The van der Waals surface area contributed by atoms with Crippen LogP contribution in [0.4, 0.5) is 4.79 Å². The number of hydrogen-bond acceptors (Lipinski definition) is 3. The minimum absolute atomic E-state index is 0.0274. The highest BCUT2D eigenvalue weighted by atomic mass is 16.4. The Morgan fingerprint density at radius 3 is 2.47 bits per heavy atom. The van der Waals surface area contributed by atoms with Gasteiger partial charge in [0.1, 0.15) is 6.04 Å². The van der Waals surface area contributed by atoms with E-state index in [1.165, 1.54) is 0 Å². The van der Waals surface area contributed by atoms with Crippen molar-refractivity contribution in [2.24, 2.45) is 0 Å². The number of rotatable bonds is 5. The molecular weight excluding hydrogens is 224 g/mol. The first-order valence-corrected chi connectivity index (χ1v) is 5.93. The Morgan fingerprint density at radius 1 is 1.41 bits per heavy atom. The number of hydrogen-bond donors (Lipinski definition) is 3. The van der Waals surface area contributed by atoms with Gasteiger partial charge in [0.05, 0.1) is 0 Å². The van der Waals surface area contributed by atoms with E-state index < -0.39 is 12.0 Å². The minimum atomic E-state index is -1.12. The first-order valence-electron chi connectivity index (χ1n) is 5.93. The number of carbonyl (C=O) groups is 2. The summed E-state index contributed by atoms with van der Waals surface area (Å²) in [5, 5.41) is 20.0. The van der Waals surface area contributed by atoms with Crippen LogP contribution in [0.3, 0.4) is 0 Å². The SMILES string of the molecule is CN(C(=O)N[C@H](CCO)C(=O)O)C1CCCC1. The molecule has 0 bridgehead atoms. The molecule has 0 saturated heterocycles. The number of urea groups is 1. The van der Waals surface area contributed by atoms with Crippen molar-refractivity contribution in [1.82, 2.24) is 10.2 Å². The summed E-state index contributed by atoms with van der Waals surface area (Å²) >= 11 is 0. The monoisotopic (exact) mass is 244 g/mol. The summed E-state index contributed by atoms with van der Waals surface area (Å²) in [5.41, 5.74) is 0. The van der Waals surface area contributed by atoms with Gasteiger partial charge in [-0.1, -0.05) is 12.8 Å². The van der Waals surface area contributed by atoms with Crippen LogP contribution in [0, 0.1) is 0 Å². The van der Waals surface area contributed by atoms with E-state index in [1.54, 1.807) is 11.9 Å². The van der Waals surface area contributed by atoms with Gasteiger partial charge in [-0.15, -0.1) is 0 Å². The average Bonchev–Trinajstić information content (AvgIpc) is 2.80. The van der Waals surface area contributed by atoms with Crippen molar-refractivity contribution in [3.63, 3.8) is 0 Å². The number of nitrogens with one attached hydrogen (secondary N) is 1. The maximum Gasteiger partial charge on any atom is 0.326 e. The Bertz CT molecular complexity index is 277. The zero-order valence-corrected chi connectivity index (χ0v) is 10.1. The lowest BCUT2D eigenvalue weighted by molar-refractivity contribution is -0.139. The Kier molecular flexibility index (Phi) is 5.21. The minimum Gasteiger partial charge on any atom is -0.480 e. The number of aliphatic hydroxyl groups excluding tert-OH is 1. The fourth-order valence-corrected chi connectivity index (χ4v) is 2.09. The number of carboxylic acids is 1. The van der Waals surface area contributed by atoms with E-state index in [9.17, 15) is 9.59 Å². The van der Waals surface area contributed by atoms with Gasteiger partial charge in [-0.3, -0.25) is 0 Å². The van der Waals surface area contributed by atoms with Gasteiger partial charge in [0.2, 0.25) is 0 Å². The van der Waals surface area contributed by atoms with E-state index in [0.29, 0.717) is 0 Å². The van der Waals surface area contributed by atoms with Gasteiger partial charge in [0.25, 0.3) is 0 Å². The van der Waals surface area contributed by atoms with Crippen molar-refractivity contribution in [3.8, 4) is 0 Å². The molecular formula is C11H20N2O4. The summed E-state index contributed by atoms with van der Waals surface area (Å²) in [4.78, 5) is 24.2. The van der Waals surface area contributed by atoms with Gasteiger partial charge in [-0.2, -0.15) is 0 Å². The fraction of sp³-hybridized carbons (Fsp3) is 0.818. The van der Waals surface area contributed by atoms with Crippen molar-refractivity contribution in [3.05, 3.63) is 0 Å². The van der Waals surface area contributed by atoms with Gasteiger partial charge < -0.3 is 20.4 Å². The molecule has 0 radical (unpaired) electrons. The number of carboxylic acid groups (broad SMARTS) is 1. The molecule has 1 aliphatic carbocycles. The number of aliphatic carboxylic acids is 1. The zero-order chi connectivity index (χ0) is 12.8. The molecule has 1 rings (SSSR count). The highest BCUT2D eigenvalue weighted by Crippen LogP contribution is 2.22. The smallest absolute Gasteiger partial charge is 0.326 e. The normalized spacial score (nSPS) is 17.8. The predicted octanol–water partition coefficient (Wildman–Crippen LogP) is 0.406. The second-order valence-corrected chi connectivity index (χ2v) is 4.40. The Morgan fingerprint density at radius 2 is 2.00 bits per heavy atom. The molecule has 3 N–H and O–H groups in total. The standard InChI is InChI=1S/C11H20N2O4/c1-13(8-4-2-3-5-8)11(17)12-9(6-7-14)10(15)16/h8-9,14H,2-7H2,1H3,(H,12,17)(H,15,16)/t9-/m1/s1. The molecule has 2 amide bonds. The van der Waals surface area contributed by atoms with Crippen molar-refractivity contribution in [2.75, 3.05) is 13.7 Å². The summed E-state index contributed by atoms with van der Waals surface area (Å²) < 4.78 is 0. The lowest BCUT2D eigenvalue weighted by Crippen LogP contribution is -2.49. The third kappa shape index (κ3) is 3.89. The summed E-state index contributed by atoms with van der Waals surface area (Å²) in [6.45, 7) is -0.260. The molecule has 0 aromatic carbocycles. The molecule has 0 heterocycles. The Labute approximate surface area is 101 Å². The molecule has 17 heavy (non-hydrogen) atoms. The second kappa shape index (κ2) is 6.44. The van der Waals surface area contributed by atoms with Gasteiger partial charge in [-0.05, 0) is 12.8 Å². The van der Waals surface area contributed by atoms with Crippen LogP contribution < -0.4 is 5.32 Å². The maximum atomic E-state index is 11.8. The molecule has 1 fully saturated rings. The van der Waals surface area contributed by atoms with E-state index in [1.807, 2.05) is 0 Å². The van der Waals surface area contributed by atoms with Gasteiger partial charge in [0, 0.05) is 26.1 Å². The van der Waals surface area contributed by atoms with Crippen molar-refractivity contribution < 1.29 is 19.8 Å². The third-order valence-corrected chi connectivity index (χ3v) is 3.21. The van der Waals surface area contributed by atoms with E-state index in [4.69, 9.17) is 10.2 Å². The highest BCUT2D eigenvalue weighted by Gasteiger charge is 2.26. The topological polar surface area (TPSA) is 89.9 Å². The van der Waals surface area contributed by atoms with Crippen LogP contribution >= 0.6 is 0 Å². The van der Waals surface area contributed by atoms with E-state index in [0.717, 1.165) is 25.7 Å². The zero-order valence-electron chi connectivity index (χ0n) is 10.1. The predicted molar refractivity (Wildman–Crippen MR) is 61.7 cm³/mol. The van der Waals surface area contributed by atoms with Crippen molar-refractivity contribution >= 4 is 12.0 Å². The van der Waals surface area contributed by atoms with Gasteiger partial charge >= 0.3 is 12.0 Å². The third-order valence-electron chi connectivity index (χ3n) is 3.21. The lowest BCUT2D eigenvalue weighted by Gasteiger charge is -2.26. The average molecular weight is 244 g/mol. The van der Waals surface area contributed by atoms with Crippen LogP contribution in [0.1, 0.15) is 32.1 Å². The van der Waals surface area contributed by atoms with Crippen LogP contribution in [0.2, 0.25) is 0 Å². The van der Waals surface area contributed by atoms with E-state index in [-0.39, 0.29) is 25.1 Å². The van der Waals surface area contributed by atoms with E-state index in [2.05, 4.69) is 5.32 Å². The summed E-state index contributed by atoms with van der Waals surface area (Å²) in [6, 6.07) is -1.19. The number of amides is 2. The molecule has 6 nitrogen and oxygen atoms in total. The molecule has 1 aliphatic rings. The molecule has 0 aliphatic heterocycles. The summed E-state index contributed by atoms with van der Waals surface area (Å²) in [5.74, 6) is -1.12. The maximum absolute atomic E-state index is 11.8. The molecule has 1 atom stereocenters. The Hall–Kier alpha value is -1.30. The first-order chi connectivity index (χ1) is 8.06. The van der Waals surface area contributed by atoms with Crippen molar-refractivity contribution in [2.45, 2.75) is 44.2 Å². The van der Waals surface area contributed by atoms with Crippen LogP contribution in [-0.4, -0.2) is 52.9 Å². The molecule has 98 valence electrons. The molecule has 0 aromatic heterocycles.